The van der Waals surface area contributed by atoms with Crippen LogP contribution in [0.5, 0.6) is 0 Å². The maximum atomic E-state index is 13.1. The molecule has 0 aliphatic heterocycles. The van der Waals surface area contributed by atoms with Gasteiger partial charge in [-0.1, -0.05) is 24.3 Å². The smallest absolute Gasteiger partial charge is 0.326 e. The zero-order chi connectivity index (χ0) is 26.6. The van der Waals surface area contributed by atoms with E-state index in [-0.39, 0.29) is 34.4 Å². The van der Waals surface area contributed by atoms with Crippen molar-refractivity contribution in [1.82, 2.24) is 4.98 Å². The third-order valence-electron chi connectivity index (χ3n) is 5.70. The number of anilines is 2. The Morgan fingerprint density at radius 2 is 1.65 bits per heavy atom. The SMILES string of the molecule is O=C(Cc1ccc(S(=O)(=O)CC2CC2)nc1)Nc1ccc(C(=O)N(CC(F)(F)F)c2ccccc2)cc1. The van der Waals surface area contributed by atoms with Gasteiger partial charge < -0.3 is 5.32 Å². The van der Waals surface area contributed by atoms with Gasteiger partial charge in [-0.3, -0.25) is 14.5 Å². The van der Waals surface area contributed by atoms with Crippen molar-refractivity contribution in [3.63, 3.8) is 0 Å². The van der Waals surface area contributed by atoms with E-state index in [0.29, 0.717) is 16.2 Å². The number of alkyl halides is 3. The van der Waals surface area contributed by atoms with Crippen molar-refractivity contribution in [2.45, 2.75) is 30.5 Å². The van der Waals surface area contributed by atoms with E-state index < -0.39 is 34.4 Å². The minimum Gasteiger partial charge on any atom is -0.326 e. The van der Waals surface area contributed by atoms with Crippen LogP contribution in [-0.2, 0) is 21.1 Å². The van der Waals surface area contributed by atoms with E-state index in [2.05, 4.69) is 10.3 Å². The molecule has 2 amide bonds. The number of nitrogens with one attached hydrogen (secondary N) is 1. The molecule has 0 atom stereocenters. The Kier molecular flexibility index (Phi) is 7.63. The van der Waals surface area contributed by atoms with Crippen molar-refractivity contribution < 1.29 is 31.2 Å². The molecule has 1 aliphatic rings. The molecule has 2 aromatic carbocycles. The number of carbonyl (C=O) groups excluding carboxylic acids is 2. The fourth-order valence-electron chi connectivity index (χ4n) is 3.69. The lowest BCUT2D eigenvalue weighted by atomic mass is 10.1. The molecular formula is C26H24F3N3O4S. The number of halogens is 3. The molecule has 194 valence electrons. The predicted molar refractivity (Wildman–Crippen MR) is 132 cm³/mol. The summed E-state index contributed by atoms with van der Waals surface area (Å²) in [5, 5.41) is 2.63. The Morgan fingerprint density at radius 1 is 0.973 bits per heavy atom. The fraction of sp³-hybridized carbons (Fsp3) is 0.269. The lowest BCUT2D eigenvalue weighted by molar-refractivity contribution is -0.118. The number of amides is 2. The molecule has 0 saturated heterocycles. The first-order valence-electron chi connectivity index (χ1n) is 11.5. The van der Waals surface area contributed by atoms with Crippen LogP contribution in [0.1, 0.15) is 28.8 Å². The van der Waals surface area contributed by atoms with Crippen molar-refractivity contribution in [3.05, 3.63) is 84.1 Å². The maximum absolute atomic E-state index is 13.1. The van der Waals surface area contributed by atoms with Crippen LogP contribution in [0.15, 0.2) is 78.0 Å². The van der Waals surface area contributed by atoms with Gasteiger partial charge in [0.15, 0.2) is 14.9 Å². The maximum Gasteiger partial charge on any atom is 0.406 e. The van der Waals surface area contributed by atoms with Gasteiger partial charge >= 0.3 is 6.18 Å². The number of benzene rings is 2. The van der Waals surface area contributed by atoms with Gasteiger partial charge in [0.05, 0.1) is 12.2 Å². The summed E-state index contributed by atoms with van der Waals surface area (Å²) in [5.74, 6) is -0.955. The zero-order valence-corrected chi connectivity index (χ0v) is 20.4. The number of pyridine rings is 1. The molecule has 11 heteroatoms. The number of hydrogen-bond donors (Lipinski definition) is 1. The van der Waals surface area contributed by atoms with E-state index in [4.69, 9.17) is 0 Å². The molecule has 37 heavy (non-hydrogen) atoms. The van der Waals surface area contributed by atoms with Crippen molar-refractivity contribution in [2.24, 2.45) is 5.92 Å². The standard InChI is InChI=1S/C26H24F3N3O4S/c27-26(28,29)17-32(22-4-2-1-3-5-22)25(34)20-9-11-21(12-10-20)31-23(33)14-19-8-13-24(30-15-19)37(35,36)16-18-6-7-18/h1-5,8-13,15,18H,6-7,14,16-17H2,(H,31,33). The molecule has 1 fully saturated rings. The Labute approximate surface area is 212 Å². The zero-order valence-electron chi connectivity index (χ0n) is 19.6. The minimum atomic E-state index is -4.59. The van der Waals surface area contributed by atoms with Gasteiger partial charge in [-0.15, -0.1) is 0 Å². The lowest BCUT2D eigenvalue weighted by Gasteiger charge is -2.24. The molecule has 4 rings (SSSR count). The molecule has 3 aromatic rings. The number of nitrogens with zero attached hydrogens (tertiary/aromatic N) is 2. The molecule has 1 saturated carbocycles. The first-order valence-corrected chi connectivity index (χ1v) is 13.2. The molecule has 0 radical (unpaired) electrons. The Morgan fingerprint density at radius 3 is 2.22 bits per heavy atom. The summed E-state index contributed by atoms with van der Waals surface area (Å²) >= 11 is 0. The van der Waals surface area contributed by atoms with E-state index in [0.717, 1.165) is 12.8 Å². The van der Waals surface area contributed by atoms with Crippen LogP contribution in [0.25, 0.3) is 0 Å². The van der Waals surface area contributed by atoms with Crippen molar-refractivity contribution in [2.75, 3.05) is 22.5 Å². The van der Waals surface area contributed by atoms with Gasteiger partial charge in [0, 0.05) is 23.1 Å². The highest BCUT2D eigenvalue weighted by Gasteiger charge is 2.34. The number of aromatic nitrogens is 1. The normalized spacial score (nSPS) is 13.7. The third-order valence-corrected chi connectivity index (χ3v) is 7.49. The summed E-state index contributed by atoms with van der Waals surface area (Å²) in [7, 11) is -3.44. The Hall–Kier alpha value is -3.73. The summed E-state index contributed by atoms with van der Waals surface area (Å²) in [4.78, 5) is 29.9. The molecule has 0 spiro atoms. The molecule has 1 heterocycles. The lowest BCUT2D eigenvalue weighted by Crippen LogP contribution is -2.39. The second-order valence-corrected chi connectivity index (χ2v) is 10.9. The van der Waals surface area contributed by atoms with E-state index in [1.165, 1.54) is 54.7 Å². The van der Waals surface area contributed by atoms with Gasteiger partial charge in [-0.05, 0) is 66.8 Å². The average Bonchev–Trinajstić information content (AvgIpc) is 3.66. The predicted octanol–water partition coefficient (Wildman–Crippen LogP) is 4.66. The highest BCUT2D eigenvalue weighted by Crippen LogP contribution is 2.32. The fourth-order valence-corrected chi connectivity index (χ4v) is 5.30. The number of rotatable bonds is 9. The second-order valence-electron chi connectivity index (χ2n) is 8.87. The van der Waals surface area contributed by atoms with Crippen molar-refractivity contribution in [3.8, 4) is 0 Å². The van der Waals surface area contributed by atoms with Gasteiger partial charge in [-0.25, -0.2) is 13.4 Å². The van der Waals surface area contributed by atoms with Gasteiger partial charge in [0.25, 0.3) is 5.91 Å². The summed E-state index contributed by atoms with van der Waals surface area (Å²) < 4.78 is 63.9. The molecule has 1 aliphatic carbocycles. The third kappa shape index (κ3) is 7.39. The minimum absolute atomic E-state index is 0.0149. The number of sulfone groups is 1. The molecule has 7 nitrogen and oxygen atoms in total. The van der Waals surface area contributed by atoms with Crippen LogP contribution in [0, 0.1) is 5.92 Å². The Bertz CT molecular complexity index is 1360. The average molecular weight is 532 g/mol. The van der Waals surface area contributed by atoms with Crippen LogP contribution >= 0.6 is 0 Å². The topological polar surface area (TPSA) is 96.4 Å². The van der Waals surface area contributed by atoms with Gasteiger partial charge in [0.2, 0.25) is 5.91 Å². The van der Waals surface area contributed by atoms with Gasteiger partial charge in [-0.2, -0.15) is 13.2 Å². The number of para-hydroxylation sites is 1. The van der Waals surface area contributed by atoms with E-state index in [9.17, 15) is 31.2 Å². The molecular weight excluding hydrogens is 507 g/mol. The van der Waals surface area contributed by atoms with Crippen LogP contribution in [0.2, 0.25) is 0 Å². The summed E-state index contributed by atoms with van der Waals surface area (Å²) in [5.41, 5.74) is 1.00. The van der Waals surface area contributed by atoms with Crippen molar-refractivity contribution >= 4 is 33.0 Å². The Balaban J connectivity index is 1.38. The highest BCUT2D eigenvalue weighted by atomic mass is 32.2. The first kappa shape index (κ1) is 26.3. The number of carbonyl (C=O) groups is 2. The van der Waals surface area contributed by atoms with E-state index in [1.807, 2.05) is 0 Å². The molecule has 0 bridgehead atoms. The van der Waals surface area contributed by atoms with E-state index in [1.54, 1.807) is 18.2 Å². The summed E-state index contributed by atoms with van der Waals surface area (Å²) in [6.45, 7) is -1.44. The highest BCUT2D eigenvalue weighted by molar-refractivity contribution is 7.91. The molecule has 1 aromatic heterocycles. The number of hydrogen-bond acceptors (Lipinski definition) is 5. The molecule has 0 unspecified atom stereocenters. The largest absolute Gasteiger partial charge is 0.406 e. The molecule has 1 N–H and O–H groups in total. The van der Waals surface area contributed by atoms with Crippen LogP contribution in [0.4, 0.5) is 24.5 Å². The monoisotopic (exact) mass is 531 g/mol. The van der Waals surface area contributed by atoms with Crippen LogP contribution in [-0.4, -0.2) is 43.7 Å². The van der Waals surface area contributed by atoms with Crippen molar-refractivity contribution in [1.29, 1.82) is 0 Å². The quantitative estimate of drug-likeness (QED) is 0.434. The first-order chi connectivity index (χ1) is 17.5. The summed E-state index contributed by atoms with van der Waals surface area (Å²) in [6, 6.07) is 16.0. The second kappa shape index (κ2) is 10.7. The van der Waals surface area contributed by atoms with Crippen LogP contribution < -0.4 is 10.2 Å². The van der Waals surface area contributed by atoms with Crippen LogP contribution in [0.3, 0.4) is 0 Å². The van der Waals surface area contributed by atoms with Gasteiger partial charge in [0.1, 0.15) is 6.54 Å². The van der Waals surface area contributed by atoms with E-state index >= 15 is 0 Å². The summed E-state index contributed by atoms with van der Waals surface area (Å²) in [6.07, 6.45) is -1.49.